The molecule has 0 amide bonds. The van der Waals surface area contributed by atoms with Crippen LogP contribution in [0.5, 0.6) is 0 Å². The van der Waals surface area contributed by atoms with Crippen molar-refractivity contribution in [3.05, 3.63) is 6.61 Å². The summed E-state index contributed by atoms with van der Waals surface area (Å²) in [6.07, 6.45) is 1.14. The van der Waals surface area contributed by atoms with E-state index < -0.39 is 16.1 Å². The predicted octanol–water partition coefficient (Wildman–Crippen LogP) is 4.23. The first-order valence-electron chi connectivity index (χ1n) is 5.64. The van der Waals surface area contributed by atoms with Gasteiger partial charge >= 0.3 is 0 Å². The lowest BCUT2D eigenvalue weighted by Crippen LogP contribution is -2.22. The molecule has 1 nitrogen and oxygen atoms in total. The van der Waals surface area contributed by atoms with Crippen molar-refractivity contribution in [3.63, 3.8) is 0 Å². The van der Waals surface area contributed by atoms with Crippen LogP contribution in [0.3, 0.4) is 0 Å². The van der Waals surface area contributed by atoms with Crippen molar-refractivity contribution in [2.75, 3.05) is 6.61 Å². The topological polar surface area (TPSA) is 9.23 Å². The van der Waals surface area contributed by atoms with Crippen LogP contribution < -0.4 is 0 Å². The smallest absolute Gasteiger partial charge is 0.0833 e. The van der Waals surface area contributed by atoms with E-state index in [1.54, 1.807) is 0 Å². The van der Waals surface area contributed by atoms with E-state index in [0.29, 0.717) is 0 Å². The van der Waals surface area contributed by atoms with Gasteiger partial charge in [0.05, 0.1) is 6.61 Å². The first-order chi connectivity index (χ1) is 6.21. The van der Waals surface area contributed by atoms with Crippen LogP contribution in [-0.4, -0.2) is 22.8 Å². The van der Waals surface area contributed by atoms with Crippen LogP contribution in [0, 0.1) is 6.61 Å². The molecule has 0 heterocycles. The maximum Gasteiger partial charge on any atom is 0.0833 e. The summed E-state index contributed by atoms with van der Waals surface area (Å²) in [7, 11) is -1.75. The Morgan fingerprint density at radius 2 is 1.36 bits per heavy atom. The highest BCUT2D eigenvalue weighted by molar-refractivity contribution is 6.76. The lowest BCUT2D eigenvalue weighted by atomic mass is 10.5. The number of ether oxygens (including phenoxy) is 1. The molecular weight excluding hydrogens is 204 g/mol. The van der Waals surface area contributed by atoms with E-state index in [-0.39, 0.29) is 0 Å². The third kappa shape index (κ3) is 12.4. The van der Waals surface area contributed by atoms with E-state index in [1.807, 2.05) is 6.61 Å². The summed E-state index contributed by atoms with van der Waals surface area (Å²) in [6, 6.07) is 2.62. The Hall–Kier alpha value is 0.394. The molecule has 0 saturated carbocycles. The Bertz CT molecular complexity index is 126. The van der Waals surface area contributed by atoms with Crippen molar-refractivity contribution >= 4 is 16.1 Å². The fraction of sp³-hybridized carbons (Fsp3) is 0.909. The lowest BCUT2D eigenvalue weighted by Gasteiger charge is -2.17. The zero-order chi connectivity index (χ0) is 11.2. The average Bonchev–Trinajstić information content (AvgIpc) is 1.92. The molecule has 0 aliphatic heterocycles. The van der Waals surface area contributed by atoms with Gasteiger partial charge in [0.25, 0.3) is 0 Å². The van der Waals surface area contributed by atoms with Gasteiger partial charge in [-0.15, -0.1) is 0 Å². The molecule has 0 spiro atoms. The number of hydrogen-bond donors (Lipinski definition) is 0. The van der Waals surface area contributed by atoms with Crippen LogP contribution in [0.4, 0.5) is 0 Å². The molecule has 0 fully saturated rings. The Kier molecular flexibility index (Phi) is 6.25. The average molecular weight is 232 g/mol. The quantitative estimate of drug-likeness (QED) is 0.471. The van der Waals surface area contributed by atoms with Crippen LogP contribution in [0.15, 0.2) is 0 Å². The minimum Gasteiger partial charge on any atom is -0.376 e. The number of rotatable bonds is 7. The Morgan fingerprint density at radius 3 is 1.79 bits per heavy atom. The van der Waals surface area contributed by atoms with E-state index in [1.165, 1.54) is 12.1 Å². The highest BCUT2D eigenvalue weighted by Gasteiger charge is 2.13. The molecule has 14 heavy (non-hydrogen) atoms. The molecule has 0 unspecified atom stereocenters. The summed E-state index contributed by atoms with van der Waals surface area (Å²) in [4.78, 5) is 0. The highest BCUT2D eigenvalue weighted by atomic mass is 28.3. The molecule has 3 heteroatoms. The van der Waals surface area contributed by atoms with Crippen molar-refractivity contribution in [3.8, 4) is 0 Å². The van der Waals surface area contributed by atoms with Gasteiger partial charge in [0.1, 0.15) is 0 Å². The first kappa shape index (κ1) is 14.4. The van der Waals surface area contributed by atoms with Crippen molar-refractivity contribution in [1.29, 1.82) is 0 Å². The molecule has 0 atom stereocenters. The van der Waals surface area contributed by atoms with Crippen molar-refractivity contribution in [1.82, 2.24) is 0 Å². The van der Waals surface area contributed by atoms with Crippen LogP contribution >= 0.6 is 0 Å². The third-order valence-electron chi connectivity index (χ3n) is 2.10. The van der Waals surface area contributed by atoms with Gasteiger partial charge in [-0.25, -0.2) is 0 Å². The van der Waals surface area contributed by atoms with E-state index in [2.05, 4.69) is 39.3 Å². The van der Waals surface area contributed by atoms with Gasteiger partial charge in [-0.2, -0.15) is 0 Å². The third-order valence-corrected chi connectivity index (χ3v) is 5.59. The number of hydrogen-bond acceptors (Lipinski definition) is 1. The Balaban J connectivity index is 3.23. The van der Waals surface area contributed by atoms with E-state index >= 15 is 0 Å². The van der Waals surface area contributed by atoms with Gasteiger partial charge in [0.15, 0.2) is 0 Å². The molecule has 0 rings (SSSR count). The molecule has 85 valence electrons. The van der Waals surface area contributed by atoms with Crippen LogP contribution in [0.25, 0.3) is 0 Å². The summed E-state index contributed by atoms with van der Waals surface area (Å²) >= 11 is 0. The monoisotopic (exact) mass is 231 g/mol. The molecule has 0 aromatic rings. The Labute approximate surface area is 92.3 Å². The molecule has 0 N–H and O–H groups in total. The van der Waals surface area contributed by atoms with Gasteiger partial charge in [0.2, 0.25) is 0 Å². The van der Waals surface area contributed by atoms with Crippen LogP contribution in [0.1, 0.15) is 6.42 Å². The second-order valence-corrected chi connectivity index (χ2v) is 17.7. The van der Waals surface area contributed by atoms with Crippen LogP contribution in [0.2, 0.25) is 51.4 Å². The van der Waals surface area contributed by atoms with Gasteiger partial charge < -0.3 is 4.74 Å². The molecule has 0 saturated heterocycles. The minimum atomic E-state index is -0.890. The lowest BCUT2D eigenvalue weighted by molar-refractivity contribution is 0.209. The molecule has 0 aliphatic carbocycles. The molecule has 0 aliphatic rings. The Morgan fingerprint density at radius 1 is 0.857 bits per heavy atom. The fourth-order valence-corrected chi connectivity index (χ4v) is 2.74. The minimum absolute atomic E-state index is 0.857. The zero-order valence-electron chi connectivity index (χ0n) is 10.8. The molecule has 0 aromatic carbocycles. The van der Waals surface area contributed by atoms with Crippen LogP contribution in [-0.2, 0) is 4.74 Å². The fourth-order valence-electron chi connectivity index (χ4n) is 1.02. The predicted molar refractivity (Wildman–Crippen MR) is 71.2 cm³/mol. The summed E-state index contributed by atoms with van der Waals surface area (Å²) < 4.78 is 5.54. The van der Waals surface area contributed by atoms with Crippen molar-refractivity contribution < 1.29 is 4.74 Å². The SMILES string of the molecule is C[Si](C)(C)CC[CH]OCC[Si](C)(C)C. The molecule has 0 aromatic heterocycles. The first-order valence-corrected chi connectivity index (χ1v) is 13.1. The normalized spacial score (nSPS) is 13.3. The van der Waals surface area contributed by atoms with Gasteiger partial charge in [-0.1, -0.05) is 45.3 Å². The molecule has 1 radical (unpaired) electrons. The zero-order valence-corrected chi connectivity index (χ0v) is 12.8. The van der Waals surface area contributed by atoms with Crippen molar-refractivity contribution in [2.45, 2.75) is 57.8 Å². The van der Waals surface area contributed by atoms with Gasteiger partial charge in [-0.05, 0) is 12.5 Å². The summed E-state index contributed by atoms with van der Waals surface area (Å²) in [5, 5.41) is 0. The van der Waals surface area contributed by atoms with E-state index in [0.717, 1.165) is 13.0 Å². The molecular formula is C11H27OSi2. The largest absolute Gasteiger partial charge is 0.376 e. The maximum absolute atomic E-state index is 5.54. The summed E-state index contributed by atoms with van der Waals surface area (Å²) in [5.74, 6) is 0. The second kappa shape index (κ2) is 6.08. The highest BCUT2D eigenvalue weighted by Crippen LogP contribution is 2.13. The molecule has 0 bridgehead atoms. The summed E-state index contributed by atoms with van der Waals surface area (Å²) in [6.45, 7) is 17.3. The van der Waals surface area contributed by atoms with Gasteiger partial charge in [0, 0.05) is 22.8 Å². The summed E-state index contributed by atoms with van der Waals surface area (Å²) in [5.41, 5.74) is 0. The maximum atomic E-state index is 5.54. The second-order valence-electron chi connectivity index (χ2n) is 6.45. The van der Waals surface area contributed by atoms with E-state index in [9.17, 15) is 0 Å². The van der Waals surface area contributed by atoms with E-state index in [4.69, 9.17) is 4.74 Å². The van der Waals surface area contributed by atoms with Gasteiger partial charge in [-0.3, -0.25) is 0 Å². The standard InChI is InChI=1S/C11H27OSi2/c1-13(2,3)10-7-8-12-9-11-14(4,5)6/h8H,7,9-11H2,1-6H3. The van der Waals surface area contributed by atoms with Crippen molar-refractivity contribution in [2.24, 2.45) is 0 Å².